The lowest BCUT2D eigenvalue weighted by molar-refractivity contribution is -0.384. The molecule has 0 heterocycles. The molecular formula is C15H11ClF12O2. The summed E-state index contributed by atoms with van der Waals surface area (Å²) in [6, 6.07) is 0.483. The predicted octanol–water partition coefficient (Wildman–Crippen LogP) is 7.74. The van der Waals surface area contributed by atoms with Crippen LogP contribution in [0.15, 0.2) is 12.1 Å². The molecule has 0 aliphatic heterocycles. The molecule has 0 radical (unpaired) electrons. The first-order chi connectivity index (χ1) is 13.1. The van der Waals surface area contributed by atoms with Gasteiger partial charge >= 0.3 is 25.1 Å². The third kappa shape index (κ3) is 7.38. The Bertz CT molecular complexity index is 678. The molecule has 2 unspecified atom stereocenters. The van der Waals surface area contributed by atoms with Gasteiger partial charge in [0.05, 0.1) is 0 Å². The van der Waals surface area contributed by atoms with E-state index in [4.69, 9.17) is 11.6 Å². The van der Waals surface area contributed by atoms with Gasteiger partial charge in [-0.3, -0.25) is 9.47 Å². The van der Waals surface area contributed by atoms with E-state index in [0.29, 0.717) is 0 Å². The van der Waals surface area contributed by atoms with Gasteiger partial charge in [-0.15, -0.1) is 26.3 Å². The third-order valence-electron chi connectivity index (χ3n) is 3.45. The summed E-state index contributed by atoms with van der Waals surface area (Å²) in [4.78, 5) is 0. The lowest BCUT2D eigenvalue weighted by atomic mass is 9.86. The van der Waals surface area contributed by atoms with Gasteiger partial charge in [-0.1, -0.05) is 25.4 Å². The largest absolute Gasteiger partial charge is 0.523 e. The highest BCUT2D eigenvalue weighted by Crippen LogP contribution is 2.49. The van der Waals surface area contributed by atoms with Gasteiger partial charge in [-0.25, -0.2) is 0 Å². The second-order valence-electron chi connectivity index (χ2n) is 6.12. The smallest absolute Gasteiger partial charge is 0.274 e. The molecule has 1 aromatic carbocycles. The minimum Gasteiger partial charge on any atom is -0.274 e. The summed E-state index contributed by atoms with van der Waals surface area (Å²) in [5.74, 6) is -1.42. The number of hydrogen-bond donors (Lipinski definition) is 0. The molecule has 0 bridgehead atoms. The van der Waals surface area contributed by atoms with E-state index in [1.165, 1.54) is 0 Å². The molecule has 0 saturated heterocycles. The topological polar surface area (TPSA) is 18.5 Å². The maximum atomic E-state index is 13.2. The van der Waals surface area contributed by atoms with Crippen LogP contribution in [-0.2, 0) is 9.47 Å². The number of benzene rings is 1. The Morgan fingerprint density at radius 3 is 1.17 bits per heavy atom. The summed E-state index contributed by atoms with van der Waals surface area (Å²) < 4.78 is 161. The van der Waals surface area contributed by atoms with E-state index in [1.54, 1.807) is 0 Å². The maximum Gasteiger partial charge on any atom is 0.523 e. The molecule has 15 heteroatoms. The van der Waals surface area contributed by atoms with Crippen LogP contribution in [0.4, 0.5) is 52.7 Å². The standard InChI is InChI=1S/C15H11ClF12O2/c1-5(2)9-7(10(12(17,18)19)29-14(23,24)25)3-6(16)4-8(9)11(13(20,21)22)30-15(26,27)28/h3-5,10-11H,1-2H3. The quantitative estimate of drug-likeness (QED) is 0.396. The summed E-state index contributed by atoms with van der Waals surface area (Å²) in [7, 11) is 0. The molecule has 174 valence electrons. The van der Waals surface area contributed by atoms with Crippen LogP contribution in [0.1, 0.15) is 48.7 Å². The Morgan fingerprint density at radius 2 is 0.967 bits per heavy atom. The first kappa shape index (κ1) is 26.6. The molecule has 0 fully saturated rings. The fourth-order valence-electron chi connectivity index (χ4n) is 2.64. The van der Waals surface area contributed by atoms with Crippen molar-refractivity contribution in [2.45, 2.75) is 57.1 Å². The van der Waals surface area contributed by atoms with E-state index >= 15 is 0 Å². The van der Waals surface area contributed by atoms with Gasteiger partial charge in [-0.2, -0.15) is 26.3 Å². The average molecular weight is 487 g/mol. The predicted molar refractivity (Wildman–Crippen MR) is 77.4 cm³/mol. The molecule has 2 atom stereocenters. The number of ether oxygens (including phenoxy) is 2. The van der Waals surface area contributed by atoms with Gasteiger partial charge < -0.3 is 0 Å². The minimum atomic E-state index is -5.89. The third-order valence-corrected chi connectivity index (χ3v) is 3.67. The number of halogens is 13. The number of hydrogen-bond acceptors (Lipinski definition) is 2. The van der Waals surface area contributed by atoms with Crippen LogP contribution in [-0.4, -0.2) is 25.1 Å². The highest BCUT2D eigenvalue weighted by molar-refractivity contribution is 6.30. The van der Waals surface area contributed by atoms with Crippen LogP contribution in [0, 0.1) is 0 Å². The van der Waals surface area contributed by atoms with Gasteiger partial charge in [0.15, 0.2) is 12.2 Å². The Kier molecular flexibility index (Phi) is 7.64. The molecule has 2 nitrogen and oxygen atoms in total. The molecule has 1 rings (SSSR count). The zero-order valence-electron chi connectivity index (χ0n) is 14.6. The van der Waals surface area contributed by atoms with Crippen molar-refractivity contribution in [2.24, 2.45) is 0 Å². The fourth-order valence-corrected chi connectivity index (χ4v) is 2.88. The second kappa shape index (κ2) is 8.61. The highest BCUT2D eigenvalue weighted by Gasteiger charge is 2.53. The summed E-state index contributed by atoms with van der Waals surface area (Å²) in [5, 5.41) is -0.996. The Hall–Kier alpha value is -1.41. The normalized spacial score (nSPS) is 16.1. The average Bonchev–Trinajstić information content (AvgIpc) is 2.45. The van der Waals surface area contributed by atoms with E-state index in [1.807, 2.05) is 0 Å². The molecule has 0 N–H and O–H groups in total. The van der Waals surface area contributed by atoms with Crippen LogP contribution in [0.5, 0.6) is 0 Å². The SMILES string of the molecule is CC(C)c1c(C(OC(F)(F)F)C(F)(F)F)cc(Cl)cc1C(OC(F)(F)F)C(F)(F)F. The Morgan fingerprint density at radius 1 is 0.667 bits per heavy atom. The lowest BCUT2D eigenvalue weighted by Gasteiger charge is -2.30. The first-order valence-corrected chi connectivity index (χ1v) is 7.97. The first-order valence-electron chi connectivity index (χ1n) is 7.59. The Labute approximate surface area is 165 Å². The van der Waals surface area contributed by atoms with Crippen LogP contribution < -0.4 is 0 Å². The molecule has 30 heavy (non-hydrogen) atoms. The zero-order valence-corrected chi connectivity index (χ0v) is 15.4. The molecule has 0 aromatic heterocycles. The maximum absolute atomic E-state index is 13.2. The summed E-state index contributed by atoms with van der Waals surface area (Å²) in [6.45, 7) is 1.91. The molecule has 0 amide bonds. The van der Waals surface area contributed by atoms with Gasteiger partial charge in [0.2, 0.25) is 0 Å². The molecule has 0 aliphatic carbocycles. The molecular weight excluding hydrogens is 476 g/mol. The van der Waals surface area contributed by atoms with Crippen molar-refractivity contribution >= 4 is 11.6 Å². The van der Waals surface area contributed by atoms with Crippen molar-refractivity contribution in [3.63, 3.8) is 0 Å². The van der Waals surface area contributed by atoms with Gasteiger partial charge in [0.25, 0.3) is 0 Å². The van der Waals surface area contributed by atoms with E-state index in [2.05, 4.69) is 9.47 Å². The van der Waals surface area contributed by atoms with E-state index in [-0.39, 0.29) is 12.1 Å². The van der Waals surface area contributed by atoms with Crippen molar-refractivity contribution in [1.82, 2.24) is 0 Å². The Balaban J connectivity index is 3.89. The van der Waals surface area contributed by atoms with Crippen molar-refractivity contribution in [1.29, 1.82) is 0 Å². The van der Waals surface area contributed by atoms with E-state index in [0.717, 1.165) is 13.8 Å². The van der Waals surface area contributed by atoms with Crippen LogP contribution in [0.3, 0.4) is 0 Å². The van der Waals surface area contributed by atoms with E-state index < -0.39 is 64.9 Å². The van der Waals surface area contributed by atoms with E-state index in [9.17, 15) is 52.7 Å². The minimum absolute atomic E-state index is 0.241. The molecule has 0 aliphatic rings. The van der Waals surface area contributed by atoms with Crippen LogP contribution in [0.2, 0.25) is 5.02 Å². The summed E-state index contributed by atoms with van der Waals surface area (Å²) >= 11 is 5.45. The zero-order chi connectivity index (χ0) is 23.9. The van der Waals surface area contributed by atoms with Gasteiger partial charge in [-0.05, 0) is 34.7 Å². The fraction of sp³-hybridized carbons (Fsp3) is 0.600. The highest BCUT2D eigenvalue weighted by atomic mass is 35.5. The number of rotatable bonds is 5. The second-order valence-corrected chi connectivity index (χ2v) is 6.56. The van der Waals surface area contributed by atoms with Crippen molar-refractivity contribution in [3.05, 3.63) is 33.8 Å². The van der Waals surface area contributed by atoms with Gasteiger partial charge in [0.1, 0.15) is 0 Å². The molecule has 1 aromatic rings. The molecule has 0 saturated carbocycles. The number of alkyl halides is 12. The van der Waals surface area contributed by atoms with Gasteiger partial charge in [0, 0.05) is 5.02 Å². The van der Waals surface area contributed by atoms with Crippen LogP contribution >= 0.6 is 11.6 Å². The molecule has 0 spiro atoms. The summed E-state index contributed by atoms with van der Waals surface area (Å²) in [6.07, 6.45) is -31.1. The van der Waals surface area contributed by atoms with Crippen molar-refractivity contribution in [3.8, 4) is 0 Å². The summed E-state index contributed by atoms with van der Waals surface area (Å²) in [5.41, 5.74) is -4.20. The lowest BCUT2D eigenvalue weighted by Crippen LogP contribution is -2.33. The van der Waals surface area contributed by atoms with Crippen molar-refractivity contribution in [2.75, 3.05) is 0 Å². The van der Waals surface area contributed by atoms with Crippen LogP contribution in [0.25, 0.3) is 0 Å². The monoisotopic (exact) mass is 486 g/mol. The van der Waals surface area contributed by atoms with Crippen molar-refractivity contribution < 1.29 is 62.2 Å².